The van der Waals surface area contributed by atoms with Crippen molar-refractivity contribution in [1.82, 2.24) is 10.2 Å². The Bertz CT molecular complexity index is 504. The molecule has 1 heterocycles. The largest absolute Gasteiger partial charge is 0.399 e. The zero-order valence-corrected chi connectivity index (χ0v) is 11.3. The number of hydrogen-bond donors (Lipinski definition) is 3. The van der Waals surface area contributed by atoms with E-state index in [1.54, 1.807) is 24.3 Å². The molecule has 1 unspecified atom stereocenters. The van der Waals surface area contributed by atoms with E-state index >= 15 is 0 Å². The highest BCUT2D eigenvalue weighted by molar-refractivity contribution is 5.95. The van der Waals surface area contributed by atoms with Crippen molar-refractivity contribution in [3.63, 3.8) is 0 Å². The maximum Gasteiger partial charge on any atom is 0.312 e. The van der Waals surface area contributed by atoms with Gasteiger partial charge in [0.2, 0.25) is 0 Å². The van der Waals surface area contributed by atoms with Crippen LogP contribution in [0.15, 0.2) is 24.3 Å². The molecule has 1 aliphatic heterocycles. The van der Waals surface area contributed by atoms with Crippen LogP contribution in [0.25, 0.3) is 0 Å². The molecule has 1 saturated heterocycles. The Morgan fingerprint density at radius 3 is 2.90 bits per heavy atom. The molecule has 0 bridgehead atoms. The van der Waals surface area contributed by atoms with Gasteiger partial charge in [0, 0.05) is 30.9 Å². The van der Waals surface area contributed by atoms with Crippen LogP contribution in [0.1, 0.15) is 23.2 Å². The number of nitrogen functional groups attached to an aromatic ring is 1. The van der Waals surface area contributed by atoms with Crippen molar-refractivity contribution in [2.75, 3.05) is 25.4 Å². The van der Waals surface area contributed by atoms with Gasteiger partial charge in [0.25, 0.3) is 5.91 Å². The standard InChI is InChI=1S/C14H20N4O2/c15-12-5-1-4-11(7-12)13(19)18-6-2-3-10(9-18)8-17-14(16)20/h1,4-5,7,10H,2-3,6,8-9,15H2,(H3,16,17,20). The van der Waals surface area contributed by atoms with Gasteiger partial charge in [-0.1, -0.05) is 6.07 Å². The molecule has 20 heavy (non-hydrogen) atoms. The number of hydrogen-bond acceptors (Lipinski definition) is 3. The van der Waals surface area contributed by atoms with E-state index in [0.29, 0.717) is 24.3 Å². The third-order valence-corrected chi connectivity index (χ3v) is 3.50. The topological polar surface area (TPSA) is 101 Å². The highest BCUT2D eigenvalue weighted by Crippen LogP contribution is 2.19. The van der Waals surface area contributed by atoms with Crippen LogP contribution >= 0.6 is 0 Å². The Balaban J connectivity index is 1.98. The fourth-order valence-electron chi connectivity index (χ4n) is 2.52. The zero-order chi connectivity index (χ0) is 14.5. The number of urea groups is 1. The number of carbonyl (C=O) groups is 2. The molecule has 1 aliphatic rings. The molecule has 0 aliphatic carbocycles. The molecule has 0 spiro atoms. The third-order valence-electron chi connectivity index (χ3n) is 3.50. The number of benzene rings is 1. The van der Waals surface area contributed by atoms with Gasteiger partial charge in [-0.25, -0.2) is 4.79 Å². The van der Waals surface area contributed by atoms with Crippen LogP contribution in [-0.2, 0) is 0 Å². The third kappa shape index (κ3) is 3.63. The fourth-order valence-corrected chi connectivity index (χ4v) is 2.52. The first-order chi connectivity index (χ1) is 9.56. The summed E-state index contributed by atoms with van der Waals surface area (Å²) < 4.78 is 0. The van der Waals surface area contributed by atoms with Gasteiger partial charge in [0.1, 0.15) is 0 Å². The molecule has 1 aromatic carbocycles. The second kappa shape index (κ2) is 6.27. The van der Waals surface area contributed by atoms with E-state index in [4.69, 9.17) is 11.5 Å². The maximum atomic E-state index is 12.4. The van der Waals surface area contributed by atoms with E-state index in [-0.39, 0.29) is 11.8 Å². The predicted molar refractivity (Wildman–Crippen MR) is 77.1 cm³/mol. The van der Waals surface area contributed by atoms with Crippen LogP contribution in [0.3, 0.4) is 0 Å². The second-order valence-electron chi connectivity index (χ2n) is 5.13. The summed E-state index contributed by atoms with van der Waals surface area (Å²) in [6, 6.07) is 6.47. The average Bonchev–Trinajstić information content (AvgIpc) is 2.44. The summed E-state index contributed by atoms with van der Waals surface area (Å²) >= 11 is 0. The second-order valence-corrected chi connectivity index (χ2v) is 5.13. The normalized spacial score (nSPS) is 18.6. The van der Waals surface area contributed by atoms with Gasteiger partial charge < -0.3 is 21.7 Å². The summed E-state index contributed by atoms with van der Waals surface area (Å²) in [5.41, 5.74) is 12.0. The first-order valence-electron chi connectivity index (χ1n) is 6.74. The first kappa shape index (κ1) is 14.2. The van der Waals surface area contributed by atoms with Gasteiger partial charge in [-0.3, -0.25) is 4.79 Å². The molecule has 1 fully saturated rings. The van der Waals surface area contributed by atoms with Gasteiger partial charge >= 0.3 is 6.03 Å². The molecule has 2 rings (SSSR count). The van der Waals surface area contributed by atoms with Crippen molar-refractivity contribution in [2.24, 2.45) is 11.7 Å². The van der Waals surface area contributed by atoms with Crippen LogP contribution < -0.4 is 16.8 Å². The van der Waals surface area contributed by atoms with Crippen molar-refractivity contribution in [3.05, 3.63) is 29.8 Å². The Hall–Kier alpha value is -2.24. The minimum absolute atomic E-state index is 0.0129. The Morgan fingerprint density at radius 2 is 2.20 bits per heavy atom. The minimum atomic E-state index is -0.524. The first-order valence-corrected chi connectivity index (χ1v) is 6.74. The minimum Gasteiger partial charge on any atom is -0.399 e. The van der Waals surface area contributed by atoms with Crippen molar-refractivity contribution in [1.29, 1.82) is 0 Å². The molecule has 3 amide bonds. The number of likely N-dealkylation sites (tertiary alicyclic amines) is 1. The molecule has 0 radical (unpaired) electrons. The number of nitrogens with zero attached hydrogens (tertiary/aromatic N) is 1. The molecule has 6 nitrogen and oxygen atoms in total. The maximum absolute atomic E-state index is 12.4. The van der Waals surface area contributed by atoms with Crippen LogP contribution in [0.4, 0.5) is 10.5 Å². The Morgan fingerprint density at radius 1 is 1.40 bits per heavy atom. The van der Waals surface area contributed by atoms with Gasteiger partial charge in [0.05, 0.1) is 0 Å². The molecule has 1 atom stereocenters. The number of primary amides is 1. The van der Waals surface area contributed by atoms with E-state index in [2.05, 4.69) is 5.32 Å². The monoisotopic (exact) mass is 276 g/mol. The number of anilines is 1. The van der Waals surface area contributed by atoms with Crippen LogP contribution in [0.5, 0.6) is 0 Å². The zero-order valence-electron chi connectivity index (χ0n) is 11.3. The van der Waals surface area contributed by atoms with Gasteiger partial charge in [0.15, 0.2) is 0 Å². The van der Waals surface area contributed by atoms with Crippen LogP contribution in [-0.4, -0.2) is 36.5 Å². The Labute approximate surface area is 118 Å². The van der Waals surface area contributed by atoms with Crippen molar-refractivity contribution in [3.8, 4) is 0 Å². The van der Waals surface area contributed by atoms with Crippen molar-refractivity contribution < 1.29 is 9.59 Å². The van der Waals surface area contributed by atoms with E-state index in [9.17, 15) is 9.59 Å². The molecule has 0 saturated carbocycles. The predicted octanol–water partition coefficient (Wildman–Crippen LogP) is 0.789. The van der Waals surface area contributed by atoms with E-state index in [1.807, 2.05) is 4.90 Å². The number of carbonyl (C=O) groups excluding carboxylic acids is 2. The van der Waals surface area contributed by atoms with E-state index in [1.165, 1.54) is 0 Å². The Kier molecular flexibility index (Phi) is 4.45. The fraction of sp³-hybridized carbons (Fsp3) is 0.429. The highest BCUT2D eigenvalue weighted by atomic mass is 16.2. The van der Waals surface area contributed by atoms with Crippen LogP contribution in [0.2, 0.25) is 0 Å². The number of piperidine rings is 1. The van der Waals surface area contributed by atoms with Gasteiger partial charge in [-0.05, 0) is 37.0 Å². The lowest BCUT2D eigenvalue weighted by molar-refractivity contribution is 0.0675. The lowest BCUT2D eigenvalue weighted by Crippen LogP contribution is -2.44. The summed E-state index contributed by atoms with van der Waals surface area (Å²) in [7, 11) is 0. The van der Waals surface area contributed by atoms with E-state index in [0.717, 1.165) is 19.4 Å². The number of amides is 3. The summed E-state index contributed by atoms with van der Waals surface area (Å²) in [4.78, 5) is 24.9. The SMILES string of the molecule is NC(=O)NCC1CCCN(C(=O)c2cccc(N)c2)C1. The number of nitrogens with two attached hydrogens (primary N) is 2. The molecule has 5 N–H and O–H groups in total. The molecule has 1 aromatic rings. The van der Waals surface area contributed by atoms with E-state index < -0.39 is 6.03 Å². The molecule has 0 aromatic heterocycles. The molecular weight excluding hydrogens is 256 g/mol. The van der Waals surface area contributed by atoms with Gasteiger partial charge in [-0.15, -0.1) is 0 Å². The van der Waals surface area contributed by atoms with Gasteiger partial charge in [-0.2, -0.15) is 0 Å². The molecular formula is C14H20N4O2. The number of nitrogens with one attached hydrogen (secondary N) is 1. The number of rotatable bonds is 3. The smallest absolute Gasteiger partial charge is 0.312 e. The molecule has 6 heteroatoms. The summed E-state index contributed by atoms with van der Waals surface area (Å²) in [6.07, 6.45) is 1.92. The lowest BCUT2D eigenvalue weighted by atomic mass is 9.97. The molecule has 108 valence electrons. The van der Waals surface area contributed by atoms with Crippen molar-refractivity contribution >= 4 is 17.6 Å². The summed E-state index contributed by atoms with van der Waals surface area (Å²) in [5.74, 6) is 0.238. The van der Waals surface area contributed by atoms with Crippen LogP contribution in [0, 0.1) is 5.92 Å². The average molecular weight is 276 g/mol. The quantitative estimate of drug-likeness (QED) is 0.711. The summed E-state index contributed by atoms with van der Waals surface area (Å²) in [6.45, 7) is 1.88. The highest BCUT2D eigenvalue weighted by Gasteiger charge is 2.24. The lowest BCUT2D eigenvalue weighted by Gasteiger charge is -2.32. The van der Waals surface area contributed by atoms with Crippen molar-refractivity contribution in [2.45, 2.75) is 12.8 Å². The summed E-state index contributed by atoms with van der Waals surface area (Å²) in [5, 5.41) is 2.60.